The first-order chi connectivity index (χ1) is 15.5. The summed E-state index contributed by atoms with van der Waals surface area (Å²) in [6, 6.07) is 25.6. The third-order valence-electron chi connectivity index (χ3n) is 5.97. The molecule has 154 valence electrons. The Labute approximate surface area is 183 Å². The van der Waals surface area contributed by atoms with Gasteiger partial charge in [0.25, 0.3) is 5.91 Å². The number of aromatic nitrogens is 1. The maximum absolute atomic E-state index is 13.6. The van der Waals surface area contributed by atoms with Crippen LogP contribution in [0.2, 0.25) is 0 Å². The van der Waals surface area contributed by atoms with E-state index in [2.05, 4.69) is 0 Å². The molecule has 0 saturated carbocycles. The molecule has 1 aliphatic heterocycles. The Bertz CT molecular complexity index is 1670. The Kier molecular flexibility index (Phi) is 3.79. The molecule has 5 aromatic rings. The van der Waals surface area contributed by atoms with Crippen molar-refractivity contribution in [2.75, 3.05) is 0 Å². The SMILES string of the molecule is O=C1c2ccccc2S(=O)(=O)c2cc(C(=O)n3c4ccccc4c4ccccc43)ccc21. The van der Waals surface area contributed by atoms with Crippen molar-refractivity contribution in [2.24, 2.45) is 0 Å². The van der Waals surface area contributed by atoms with Gasteiger partial charge in [0.1, 0.15) is 0 Å². The van der Waals surface area contributed by atoms with Crippen LogP contribution in [-0.4, -0.2) is 24.7 Å². The second kappa shape index (κ2) is 6.48. The number of hydrogen-bond acceptors (Lipinski definition) is 4. The van der Waals surface area contributed by atoms with Gasteiger partial charge >= 0.3 is 0 Å². The molecule has 32 heavy (non-hydrogen) atoms. The molecule has 1 aromatic heterocycles. The summed E-state index contributed by atoms with van der Waals surface area (Å²) in [6.07, 6.45) is 0. The van der Waals surface area contributed by atoms with E-state index in [-0.39, 0.29) is 38.2 Å². The number of carbonyl (C=O) groups excluding carboxylic acids is 2. The fourth-order valence-electron chi connectivity index (χ4n) is 4.49. The number of fused-ring (bicyclic) bond motifs is 5. The summed E-state index contributed by atoms with van der Waals surface area (Å²) in [5, 5.41) is 1.87. The van der Waals surface area contributed by atoms with Crippen LogP contribution in [0.1, 0.15) is 26.3 Å². The minimum absolute atomic E-state index is 0.0287. The van der Waals surface area contributed by atoms with Crippen molar-refractivity contribution in [3.63, 3.8) is 0 Å². The number of rotatable bonds is 1. The van der Waals surface area contributed by atoms with Crippen molar-refractivity contribution in [1.82, 2.24) is 4.57 Å². The van der Waals surface area contributed by atoms with Gasteiger partial charge in [-0.3, -0.25) is 14.2 Å². The van der Waals surface area contributed by atoms with Crippen LogP contribution < -0.4 is 0 Å². The summed E-state index contributed by atoms with van der Waals surface area (Å²) in [5.41, 5.74) is 1.91. The van der Waals surface area contributed by atoms with Gasteiger partial charge in [0, 0.05) is 27.5 Å². The van der Waals surface area contributed by atoms with Crippen LogP contribution in [0, 0.1) is 0 Å². The van der Waals surface area contributed by atoms with Crippen molar-refractivity contribution < 1.29 is 18.0 Å². The van der Waals surface area contributed by atoms with Gasteiger partial charge in [-0.25, -0.2) is 8.42 Å². The fourth-order valence-corrected chi connectivity index (χ4v) is 6.17. The van der Waals surface area contributed by atoms with Gasteiger partial charge in [-0.05, 0) is 42.5 Å². The van der Waals surface area contributed by atoms with E-state index in [1.807, 2.05) is 48.5 Å². The average Bonchev–Trinajstić information content (AvgIpc) is 3.16. The molecule has 5 nitrogen and oxygen atoms in total. The zero-order valence-corrected chi connectivity index (χ0v) is 17.5. The first kappa shape index (κ1) is 18.7. The first-order valence-corrected chi connectivity index (χ1v) is 11.5. The Hall–Kier alpha value is -4.03. The van der Waals surface area contributed by atoms with Gasteiger partial charge in [-0.1, -0.05) is 48.5 Å². The normalized spacial score (nSPS) is 14.3. The maximum atomic E-state index is 13.6. The highest BCUT2D eigenvalue weighted by Gasteiger charge is 2.35. The smallest absolute Gasteiger partial charge is 0.262 e. The Morgan fingerprint density at radius 2 is 1.22 bits per heavy atom. The number of nitrogens with zero attached hydrogens (tertiary/aromatic N) is 1. The van der Waals surface area contributed by atoms with Crippen LogP contribution in [0.3, 0.4) is 0 Å². The summed E-state index contributed by atoms with van der Waals surface area (Å²) in [7, 11) is -3.93. The van der Waals surface area contributed by atoms with Crippen molar-refractivity contribution in [2.45, 2.75) is 9.79 Å². The highest BCUT2D eigenvalue weighted by Crippen LogP contribution is 2.36. The second-order valence-corrected chi connectivity index (χ2v) is 9.60. The minimum atomic E-state index is -3.93. The molecule has 0 amide bonds. The first-order valence-electron chi connectivity index (χ1n) is 10.0. The van der Waals surface area contributed by atoms with E-state index in [1.54, 1.807) is 16.7 Å². The van der Waals surface area contributed by atoms with E-state index in [0.29, 0.717) is 0 Å². The van der Waals surface area contributed by atoms with Crippen LogP contribution >= 0.6 is 0 Å². The molecular formula is C26H15NO4S. The third-order valence-corrected chi connectivity index (χ3v) is 7.82. The lowest BCUT2D eigenvalue weighted by atomic mass is 10.0. The van der Waals surface area contributed by atoms with Crippen LogP contribution in [0.4, 0.5) is 0 Å². The summed E-state index contributed by atoms with van der Waals surface area (Å²) in [4.78, 5) is 26.4. The predicted octanol–water partition coefficient (Wildman–Crippen LogP) is 4.86. The zero-order chi connectivity index (χ0) is 22.0. The van der Waals surface area contributed by atoms with Crippen LogP contribution in [0.5, 0.6) is 0 Å². The molecule has 0 fully saturated rings. The predicted molar refractivity (Wildman–Crippen MR) is 121 cm³/mol. The van der Waals surface area contributed by atoms with Crippen molar-refractivity contribution in [1.29, 1.82) is 0 Å². The van der Waals surface area contributed by atoms with E-state index in [4.69, 9.17) is 0 Å². The standard InChI is InChI=1S/C26H15NO4S/c28-25-19-9-3-6-12-23(19)32(30,31)24-15-16(13-14-20(24)25)26(29)27-21-10-4-1-7-17(21)18-8-2-5-11-22(18)27/h1-15H. The molecule has 0 bridgehead atoms. The lowest BCUT2D eigenvalue weighted by molar-refractivity contribution is 0.0966. The van der Waals surface area contributed by atoms with E-state index in [9.17, 15) is 18.0 Å². The largest absolute Gasteiger partial charge is 0.289 e. The Balaban J connectivity index is 1.59. The highest BCUT2D eigenvalue weighted by atomic mass is 32.2. The molecule has 0 saturated heterocycles. The van der Waals surface area contributed by atoms with E-state index in [0.717, 1.165) is 21.8 Å². The number of hydrogen-bond donors (Lipinski definition) is 0. The van der Waals surface area contributed by atoms with Crippen molar-refractivity contribution in [3.05, 3.63) is 108 Å². The Morgan fingerprint density at radius 3 is 1.91 bits per heavy atom. The Morgan fingerprint density at radius 1 is 0.656 bits per heavy atom. The van der Waals surface area contributed by atoms with Gasteiger partial charge in [-0.15, -0.1) is 0 Å². The molecule has 4 aromatic carbocycles. The third kappa shape index (κ3) is 2.41. The van der Waals surface area contributed by atoms with E-state index in [1.165, 1.54) is 30.3 Å². The number of ketones is 1. The lowest BCUT2D eigenvalue weighted by Gasteiger charge is -2.19. The lowest BCUT2D eigenvalue weighted by Crippen LogP contribution is -2.21. The maximum Gasteiger partial charge on any atom is 0.262 e. The number of sulfone groups is 1. The van der Waals surface area contributed by atoms with Gasteiger partial charge in [0.15, 0.2) is 5.78 Å². The number of para-hydroxylation sites is 2. The topological polar surface area (TPSA) is 73.2 Å². The van der Waals surface area contributed by atoms with Gasteiger partial charge in [0.05, 0.1) is 20.8 Å². The van der Waals surface area contributed by atoms with Crippen molar-refractivity contribution >= 4 is 43.3 Å². The fraction of sp³-hybridized carbons (Fsp3) is 0. The summed E-state index contributed by atoms with van der Waals surface area (Å²) >= 11 is 0. The van der Waals surface area contributed by atoms with Gasteiger partial charge < -0.3 is 0 Å². The molecule has 0 spiro atoms. The average molecular weight is 437 g/mol. The molecule has 0 unspecified atom stereocenters. The number of benzene rings is 4. The molecule has 6 rings (SSSR count). The monoisotopic (exact) mass is 437 g/mol. The van der Waals surface area contributed by atoms with Gasteiger partial charge in [-0.2, -0.15) is 0 Å². The van der Waals surface area contributed by atoms with Crippen LogP contribution in [0.15, 0.2) is 101 Å². The molecule has 0 aliphatic carbocycles. The molecule has 0 N–H and O–H groups in total. The molecule has 6 heteroatoms. The minimum Gasteiger partial charge on any atom is -0.289 e. The molecule has 0 radical (unpaired) electrons. The van der Waals surface area contributed by atoms with Crippen molar-refractivity contribution in [3.8, 4) is 0 Å². The quantitative estimate of drug-likeness (QED) is 0.368. The van der Waals surface area contributed by atoms with E-state index >= 15 is 0 Å². The summed E-state index contributed by atoms with van der Waals surface area (Å²) < 4.78 is 28.1. The molecule has 1 aliphatic rings. The molecule has 2 heterocycles. The van der Waals surface area contributed by atoms with Gasteiger partial charge in [0.2, 0.25) is 9.84 Å². The molecular weight excluding hydrogens is 422 g/mol. The number of carbonyl (C=O) groups is 2. The summed E-state index contributed by atoms with van der Waals surface area (Å²) in [5.74, 6) is -0.715. The van der Waals surface area contributed by atoms with Crippen LogP contribution in [-0.2, 0) is 9.84 Å². The summed E-state index contributed by atoms with van der Waals surface area (Å²) in [6.45, 7) is 0. The zero-order valence-electron chi connectivity index (χ0n) is 16.6. The van der Waals surface area contributed by atoms with Crippen LogP contribution in [0.25, 0.3) is 21.8 Å². The van der Waals surface area contributed by atoms with E-state index < -0.39 is 9.84 Å². The second-order valence-electron chi connectivity index (χ2n) is 7.71. The molecule has 0 atom stereocenters. The highest BCUT2D eigenvalue weighted by molar-refractivity contribution is 7.91.